The lowest BCUT2D eigenvalue weighted by molar-refractivity contribution is 0.0741. The summed E-state index contributed by atoms with van der Waals surface area (Å²) in [4.78, 5) is 0. The summed E-state index contributed by atoms with van der Waals surface area (Å²) >= 11 is 0. The summed E-state index contributed by atoms with van der Waals surface area (Å²) in [6, 6.07) is 0. The molecule has 0 saturated heterocycles. The molecular weight excluding hydrogens is 176 g/mol. The molecule has 14 heavy (non-hydrogen) atoms. The second kappa shape index (κ2) is 9.47. The fourth-order valence-electron chi connectivity index (χ4n) is 1.67. The molecule has 0 heterocycles. The number of hydrogen-bond donors (Lipinski definition) is 2. The van der Waals surface area contributed by atoms with E-state index < -0.39 is 0 Å². The Labute approximate surface area is 88.3 Å². The van der Waals surface area contributed by atoms with Crippen LogP contribution in [0, 0.1) is 5.92 Å². The zero-order chi connectivity index (χ0) is 10.8. The van der Waals surface area contributed by atoms with Crippen LogP contribution < -0.4 is 0 Å². The van der Waals surface area contributed by atoms with E-state index in [1.165, 1.54) is 32.1 Å². The van der Waals surface area contributed by atoms with Crippen LogP contribution in [-0.2, 0) is 0 Å². The van der Waals surface area contributed by atoms with Gasteiger partial charge in [-0.25, -0.2) is 0 Å². The molecule has 2 N–H and O–H groups in total. The first-order chi connectivity index (χ1) is 6.72. The Balaban J connectivity index is 3.25. The van der Waals surface area contributed by atoms with Crippen molar-refractivity contribution in [3.8, 4) is 0 Å². The lowest BCUT2D eigenvalue weighted by atomic mass is 9.97. The second-order valence-electron chi connectivity index (χ2n) is 4.24. The predicted molar refractivity (Wildman–Crippen MR) is 60.2 cm³/mol. The highest BCUT2D eigenvalue weighted by molar-refractivity contribution is 4.63. The normalized spacial score (nSPS) is 15.4. The van der Waals surface area contributed by atoms with E-state index >= 15 is 0 Å². The van der Waals surface area contributed by atoms with Crippen molar-refractivity contribution in [2.24, 2.45) is 5.92 Å². The maximum atomic E-state index is 9.29. The van der Waals surface area contributed by atoms with Gasteiger partial charge in [-0.05, 0) is 13.3 Å². The van der Waals surface area contributed by atoms with Gasteiger partial charge in [-0.2, -0.15) is 0 Å². The molecule has 0 aromatic rings. The van der Waals surface area contributed by atoms with Gasteiger partial charge >= 0.3 is 0 Å². The summed E-state index contributed by atoms with van der Waals surface area (Å²) in [5.41, 5.74) is 0. The van der Waals surface area contributed by atoms with Crippen LogP contribution in [0.3, 0.4) is 0 Å². The fourth-order valence-corrected chi connectivity index (χ4v) is 1.67. The minimum atomic E-state index is -0.365. The molecule has 0 aromatic carbocycles. The number of hydrogen-bond acceptors (Lipinski definition) is 2. The third-order valence-corrected chi connectivity index (χ3v) is 2.85. The molecule has 0 saturated carbocycles. The van der Waals surface area contributed by atoms with E-state index in [-0.39, 0.29) is 18.6 Å². The van der Waals surface area contributed by atoms with Crippen molar-refractivity contribution < 1.29 is 10.2 Å². The third kappa shape index (κ3) is 7.34. The molecule has 0 aliphatic rings. The Bertz CT molecular complexity index is 113. The Morgan fingerprint density at radius 2 is 1.57 bits per heavy atom. The average Bonchev–Trinajstić information content (AvgIpc) is 2.16. The van der Waals surface area contributed by atoms with Crippen LogP contribution in [0.4, 0.5) is 0 Å². The van der Waals surface area contributed by atoms with E-state index in [1.54, 1.807) is 6.92 Å². The number of rotatable bonds is 9. The van der Waals surface area contributed by atoms with Gasteiger partial charge in [-0.1, -0.05) is 45.4 Å². The van der Waals surface area contributed by atoms with Gasteiger partial charge in [0.15, 0.2) is 0 Å². The minimum Gasteiger partial charge on any atom is -0.396 e. The van der Waals surface area contributed by atoms with Gasteiger partial charge in [0.2, 0.25) is 0 Å². The molecule has 0 aliphatic heterocycles. The Hall–Kier alpha value is -0.0800. The first kappa shape index (κ1) is 13.9. The van der Waals surface area contributed by atoms with Crippen LogP contribution in [0.2, 0.25) is 0 Å². The topological polar surface area (TPSA) is 40.5 Å². The van der Waals surface area contributed by atoms with E-state index in [2.05, 4.69) is 6.92 Å². The summed E-state index contributed by atoms with van der Waals surface area (Å²) in [5, 5.41) is 18.3. The summed E-state index contributed by atoms with van der Waals surface area (Å²) in [7, 11) is 0. The molecule has 0 unspecified atom stereocenters. The number of aliphatic hydroxyl groups is 2. The monoisotopic (exact) mass is 202 g/mol. The highest BCUT2D eigenvalue weighted by Crippen LogP contribution is 2.14. The van der Waals surface area contributed by atoms with Gasteiger partial charge in [0.05, 0.1) is 6.10 Å². The Morgan fingerprint density at radius 3 is 2.07 bits per heavy atom. The molecule has 0 aliphatic carbocycles. The summed E-state index contributed by atoms with van der Waals surface area (Å²) in [6.45, 7) is 4.10. The van der Waals surface area contributed by atoms with Crippen LogP contribution in [0.5, 0.6) is 0 Å². The maximum absolute atomic E-state index is 9.29. The molecule has 0 fully saturated rings. The molecule has 0 aromatic heterocycles. The molecule has 0 radical (unpaired) electrons. The van der Waals surface area contributed by atoms with Crippen molar-refractivity contribution in [2.75, 3.05) is 6.61 Å². The molecular formula is C12H26O2. The van der Waals surface area contributed by atoms with Gasteiger partial charge in [0.1, 0.15) is 0 Å². The lowest BCUT2D eigenvalue weighted by Crippen LogP contribution is -2.20. The van der Waals surface area contributed by atoms with Gasteiger partial charge in [-0.3, -0.25) is 0 Å². The van der Waals surface area contributed by atoms with Gasteiger partial charge in [0.25, 0.3) is 0 Å². The Morgan fingerprint density at radius 1 is 1.00 bits per heavy atom. The summed E-state index contributed by atoms with van der Waals surface area (Å²) in [5.74, 6) is 0.0844. The summed E-state index contributed by atoms with van der Waals surface area (Å²) < 4.78 is 0. The first-order valence-corrected chi connectivity index (χ1v) is 6.01. The molecule has 2 heteroatoms. The SMILES string of the molecule is CCCCCCCC[C@@H](CO)[C@@H](C)O. The van der Waals surface area contributed by atoms with E-state index in [0.717, 1.165) is 12.8 Å². The van der Waals surface area contributed by atoms with E-state index in [9.17, 15) is 5.11 Å². The largest absolute Gasteiger partial charge is 0.396 e. The second-order valence-corrected chi connectivity index (χ2v) is 4.24. The first-order valence-electron chi connectivity index (χ1n) is 6.01. The van der Waals surface area contributed by atoms with E-state index in [1.807, 2.05) is 0 Å². The van der Waals surface area contributed by atoms with E-state index in [4.69, 9.17) is 5.11 Å². The number of unbranched alkanes of at least 4 members (excludes halogenated alkanes) is 5. The van der Waals surface area contributed by atoms with Crippen molar-refractivity contribution in [1.82, 2.24) is 0 Å². The molecule has 0 rings (SSSR count). The lowest BCUT2D eigenvalue weighted by Gasteiger charge is -2.16. The van der Waals surface area contributed by atoms with Crippen molar-refractivity contribution in [3.05, 3.63) is 0 Å². The molecule has 0 amide bonds. The predicted octanol–water partition coefficient (Wildman–Crippen LogP) is 2.73. The highest BCUT2D eigenvalue weighted by atomic mass is 16.3. The molecule has 2 atom stereocenters. The molecule has 2 nitrogen and oxygen atoms in total. The maximum Gasteiger partial charge on any atom is 0.0562 e. The van der Waals surface area contributed by atoms with Crippen LogP contribution in [-0.4, -0.2) is 22.9 Å². The molecule has 86 valence electrons. The van der Waals surface area contributed by atoms with Crippen molar-refractivity contribution in [3.63, 3.8) is 0 Å². The van der Waals surface area contributed by atoms with Gasteiger partial charge in [-0.15, -0.1) is 0 Å². The van der Waals surface area contributed by atoms with Crippen molar-refractivity contribution in [1.29, 1.82) is 0 Å². The fraction of sp³-hybridized carbons (Fsp3) is 1.00. The van der Waals surface area contributed by atoms with Crippen LogP contribution in [0.25, 0.3) is 0 Å². The standard InChI is InChI=1S/C12H26O2/c1-3-4-5-6-7-8-9-12(10-13)11(2)14/h11-14H,3-10H2,1-2H3/t11-,12+/m1/s1. The number of aliphatic hydroxyl groups excluding tert-OH is 2. The molecule has 0 spiro atoms. The Kier molecular flexibility index (Phi) is 9.42. The van der Waals surface area contributed by atoms with Crippen LogP contribution in [0.1, 0.15) is 58.8 Å². The van der Waals surface area contributed by atoms with Gasteiger partial charge < -0.3 is 10.2 Å². The van der Waals surface area contributed by atoms with Gasteiger partial charge in [0, 0.05) is 12.5 Å². The quantitative estimate of drug-likeness (QED) is 0.564. The smallest absolute Gasteiger partial charge is 0.0562 e. The minimum absolute atomic E-state index is 0.0844. The average molecular weight is 202 g/mol. The van der Waals surface area contributed by atoms with Crippen LogP contribution >= 0.6 is 0 Å². The van der Waals surface area contributed by atoms with Crippen molar-refractivity contribution >= 4 is 0 Å². The zero-order valence-electron chi connectivity index (χ0n) is 9.71. The third-order valence-electron chi connectivity index (χ3n) is 2.85. The van der Waals surface area contributed by atoms with Crippen molar-refractivity contribution in [2.45, 2.75) is 64.9 Å². The highest BCUT2D eigenvalue weighted by Gasteiger charge is 2.12. The summed E-state index contributed by atoms with van der Waals surface area (Å²) in [6.07, 6.45) is 8.22. The van der Waals surface area contributed by atoms with Crippen LogP contribution in [0.15, 0.2) is 0 Å². The van der Waals surface area contributed by atoms with E-state index in [0.29, 0.717) is 0 Å². The molecule has 0 bridgehead atoms. The zero-order valence-corrected chi connectivity index (χ0v) is 9.71.